The summed E-state index contributed by atoms with van der Waals surface area (Å²) in [7, 11) is 0. The molecule has 0 bridgehead atoms. The first kappa shape index (κ1) is 21.2. The zero-order valence-electron chi connectivity index (χ0n) is 17.3. The van der Waals surface area contributed by atoms with Crippen LogP contribution in [0, 0.1) is 19.7 Å². The number of nitrogens with zero attached hydrogens (tertiary/aromatic N) is 3. The number of oxazole rings is 1. The van der Waals surface area contributed by atoms with Crippen LogP contribution in [0.3, 0.4) is 0 Å². The zero-order chi connectivity index (χ0) is 20.3. The van der Waals surface area contributed by atoms with Gasteiger partial charge in [-0.2, -0.15) is 0 Å². The van der Waals surface area contributed by atoms with Crippen molar-refractivity contribution in [1.82, 2.24) is 20.3 Å². The molecule has 30 heavy (non-hydrogen) atoms. The van der Waals surface area contributed by atoms with Crippen molar-refractivity contribution in [2.75, 3.05) is 0 Å². The first-order chi connectivity index (χ1) is 13.9. The van der Waals surface area contributed by atoms with Crippen LogP contribution in [-0.2, 0) is 0 Å². The molecule has 1 N–H and O–H groups in total. The Balaban J connectivity index is 0.00000218. The summed E-state index contributed by atoms with van der Waals surface area (Å²) in [6, 6.07) is 6.34. The number of aromatic nitrogens is 3. The van der Waals surface area contributed by atoms with E-state index in [1.807, 2.05) is 19.1 Å². The minimum atomic E-state index is -0.302. The maximum absolute atomic E-state index is 15.0. The number of thiazole rings is 1. The number of aryl methyl sites for hydroxylation is 2. The Bertz CT molecular complexity index is 1230. The molecule has 5 rings (SSSR count). The Kier molecular flexibility index (Phi) is 5.55. The van der Waals surface area contributed by atoms with Gasteiger partial charge in [0, 0.05) is 30.5 Å². The van der Waals surface area contributed by atoms with Crippen molar-refractivity contribution in [3.8, 4) is 11.3 Å². The third-order valence-electron chi connectivity index (χ3n) is 5.62. The fourth-order valence-corrected chi connectivity index (χ4v) is 5.56. The first-order valence-corrected chi connectivity index (χ1v) is 10.8. The molecule has 4 aromatic rings. The quantitative estimate of drug-likeness (QED) is 0.414. The Labute approximate surface area is 184 Å². The summed E-state index contributed by atoms with van der Waals surface area (Å²) in [6.07, 6.45) is 2.06. The van der Waals surface area contributed by atoms with Crippen molar-refractivity contribution in [2.24, 2.45) is 0 Å². The molecule has 1 fully saturated rings. The molecule has 1 aromatic carbocycles. The molecule has 0 aliphatic carbocycles. The van der Waals surface area contributed by atoms with Gasteiger partial charge in [0.1, 0.15) is 11.0 Å². The number of piperidine rings is 1. The molecular weight excluding hydrogens is 423 g/mol. The number of nitrogens with one attached hydrogen (secondary N) is 1. The average molecular weight is 447 g/mol. The number of hydrogen-bond acceptors (Lipinski definition) is 6. The highest BCUT2D eigenvalue weighted by molar-refractivity contribution is 7.18. The van der Waals surface area contributed by atoms with Gasteiger partial charge >= 0.3 is 0 Å². The van der Waals surface area contributed by atoms with Gasteiger partial charge in [0.25, 0.3) is 0 Å². The van der Waals surface area contributed by atoms with Gasteiger partial charge in [-0.1, -0.05) is 0 Å². The van der Waals surface area contributed by atoms with Crippen LogP contribution in [0.15, 0.2) is 22.6 Å². The van der Waals surface area contributed by atoms with E-state index >= 15 is 0 Å². The first-order valence-electron chi connectivity index (χ1n) is 9.98. The van der Waals surface area contributed by atoms with Crippen LogP contribution in [0.5, 0.6) is 0 Å². The molecule has 158 valence electrons. The summed E-state index contributed by atoms with van der Waals surface area (Å²) in [6.45, 7) is 8.16. The third kappa shape index (κ3) is 3.70. The van der Waals surface area contributed by atoms with E-state index in [0.717, 1.165) is 39.2 Å². The topological polar surface area (TPSA) is 63.8 Å². The maximum atomic E-state index is 15.0. The molecule has 3 aromatic heterocycles. The molecular formula is C22H24ClFN4OS. The molecule has 1 aliphatic heterocycles. The van der Waals surface area contributed by atoms with Crippen LogP contribution < -0.4 is 5.32 Å². The van der Waals surface area contributed by atoms with E-state index in [4.69, 9.17) is 4.42 Å². The van der Waals surface area contributed by atoms with Crippen molar-refractivity contribution in [3.63, 3.8) is 0 Å². The molecule has 0 spiro atoms. The summed E-state index contributed by atoms with van der Waals surface area (Å²) in [5, 5.41) is 4.59. The minimum Gasteiger partial charge on any atom is -0.423 e. The fraction of sp³-hybridized carbons (Fsp3) is 0.409. The van der Waals surface area contributed by atoms with Crippen LogP contribution in [0.25, 0.3) is 32.7 Å². The number of halogens is 2. The van der Waals surface area contributed by atoms with Gasteiger partial charge in [0.2, 0.25) is 5.71 Å². The van der Waals surface area contributed by atoms with E-state index in [0.29, 0.717) is 40.8 Å². The summed E-state index contributed by atoms with van der Waals surface area (Å²) >= 11 is 1.60. The second-order valence-corrected chi connectivity index (χ2v) is 9.27. The minimum absolute atomic E-state index is 0. The number of benzene rings is 1. The highest BCUT2D eigenvalue weighted by atomic mass is 35.5. The third-order valence-corrected chi connectivity index (χ3v) is 6.78. The van der Waals surface area contributed by atoms with Gasteiger partial charge < -0.3 is 9.73 Å². The monoisotopic (exact) mass is 446 g/mol. The van der Waals surface area contributed by atoms with Gasteiger partial charge in [0.05, 0.1) is 15.4 Å². The smallest absolute Gasteiger partial charge is 0.247 e. The van der Waals surface area contributed by atoms with Crippen molar-refractivity contribution in [2.45, 2.75) is 58.5 Å². The van der Waals surface area contributed by atoms with Crippen LogP contribution in [0.2, 0.25) is 0 Å². The molecule has 4 heterocycles. The Hall–Kier alpha value is -2.09. The van der Waals surface area contributed by atoms with Crippen molar-refractivity contribution in [3.05, 3.63) is 40.5 Å². The summed E-state index contributed by atoms with van der Waals surface area (Å²) in [4.78, 5) is 13.6. The maximum Gasteiger partial charge on any atom is 0.247 e. The highest BCUT2D eigenvalue weighted by Gasteiger charge is 2.27. The number of hydrogen-bond donors (Lipinski definition) is 1. The average Bonchev–Trinajstić information content (AvgIpc) is 3.24. The second-order valence-electron chi connectivity index (χ2n) is 8.21. The number of fused-ring (bicyclic) bond motifs is 2. The number of rotatable bonds is 2. The lowest BCUT2D eigenvalue weighted by Crippen LogP contribution is -2.41. The Morgan fingerprint density at radius 2 is 1.77 bits per heavy atom. The van der Waals surface area contributed by atoms with Gasteiger partial charge in [-0.3, -0.25) is 0 Å². The van der Waals surface area contributed by atoms with Crippen LogP contribution in [-0.4, -0.2) is 27.0 Å². The van der Waals surface area contributed by atoms with Crippen molar-refractivity contribution < 1.29 is 8.81 Å². The lowest BCUT2D eigenvalue weighted by atomic mass is 9.89. The van der Waals surface area contributed by atoms with E-state index in [9.17, 15) is 4.39 Å². The summed E-state index contributed by atoms with van der Waals surface area (Å²) in [5.41, 5.74) is 4.08. The SMILES string of the molecule is Cc1nc2c(C)cc(-c3cc(F)c4nc([C@H]5C[C@@H](C)N[C@@H](C)C5)sc4c3)nc2o1.Cl. The van der Waals surface area contributed by atoms with E-state index in [1.165, 1.54) is 6.07 Å². The lowest BCUT2D eigenvalue weighted by molar-refractivity contribution is 0.316. The summed E-state index contributed by atoms with van der Waals surface area (Å²) < 4.78 is 21.4. The molecule has 3 atom stereocenters. The van der Waals surface area contributed by atoms with Gasteiger partial charge in [-0.05, 0) is 57.4 Å². The highest BCUT2D eigenvalue weighted by Crippen LogP contribution is 2.38. The summed E-state index contributed by atoms with van der Waals surface area (Å²) in [5.74, 6) is 0.644. The molecule has 0 unspecified atom stereocenters. The van der Waals surface area contributed by atoms with Gasteiger partial charge in [0.15, 0.2) is 11.7 Å². The Morgan fingerprint density at radius 3 is 2.50 bits per heavy atom. The predicted molar refractivity (Wildman–Crippen MR) is 121 cm³/mol. The van der Waals surface area contributed by atoms with Gasteiger partial charge in [-0.15, -0.1) is 23.7 Å². The van der Waals surface area contributed by atoms with E-state index in [2.05, 4.69) is 34.1 Å². The lowest BCUT2D eigenvalue weighted by Gasteiger charge is -2.31. The standard InChI is InChI=1S/C22H23FN4OS.ClH/c1-10-5-17(26-21-19(10)25-13(4)28-21)14-8-16(23)20-18(9-14)29-22(27-20)15-6-11(2)24-12(3)7-15;/h5,8-9,11-12,15,24H,6-7H2,1-4H3;1H/t11-,12+,15+;. The molecule has 0 radical (unpaired) electrons. The Morgan fingerprint density at radius 1 is 1.03 bits per heavy atom. The van der Waals surface area contributed by atoms with E-state index in [1.54, 1.807) is 18.3 Å². The fourth-order valence-electron chi connectivity index (χ4n) is 4.41. The largest absolute Gasteiger partial charge is 0.423 e. The molecule has 0 saturated carbocycles. The van der Waals surface area contributed by atoms with Crippen molar-refractivity contribution >= 4 is 45.2 Å². The van der Waals surface area contributed by atoms with Gasteiger partial charge in [-0.25, -0.2) is 19.3 Å². The predicted octanol–water partition coefficient (Wildman–Crippen LogP) is 5.92. The number of pyridine rings is 1. The second kappa shape index (κ2) is 7.87. The normalized spacial score (nSPS) is 21.8. The molecule has 0 amide bonds. The van der Waals surface area contributed by atoms with E-state index < -0.39 is 0 Å². The van der Waals surface area contributed by atoms with Crippen LogP contribution >= 0.6 is 23.7 Å². The molecule has 5 nitrogen and oxygen atoms in total. The van der Waals surface area contributed by atoms with E-state index in [-0.39, 0.29) is 18.2 Å². The zero-order valence-corrected chi connectivity index (χ0v) is 19.0. The molecule has 8 heteroatoms. The molecule has 1 saturated heterocycles. The van der Waals surface area contributed by atoms with Crippen LogP contribution in [0.1, 0.15) is 49.1 Å². The molecule has 1 aliphatic rings. The van der Waals surface area contributed by atoms with Crippen LogP contribution in [0.4, 0.5) is 4.39 Å². The van der Waals surface area contributed by atoms with Crippen molar-refractivity contribution in [1.29, 1.82) is 0 Å².